The molecule has 1 atom stereocenters. The molecule has 4 nitrogen and oxygen atoms in total. The molecule has 1 aromatic rings. The molecular formula is C18H29N3OS. The van der Waals surface area contributed by atoms with Crippen molar-refractivity contribution in [3.05, 3.63) is 30.1 Å². The predicted octanol–water partition coefficient (Wildman–Crippen LogP) is 3.25. The second-order valence-corrected chi connectivity index (χ2v) is 9.04. The number of rotatable bonds is 5. The van der Waals surface area contributed by atoms with Crippen molar-refractivity contribution >= 4 is 17.7 Å². The van der Waals surface area contributed by atoms with Crippen molar-refractivity contribution in [2.45, 2.75) is 57.4 Å². The van der Waals surface area contributed by atoms with E-state index in [9.17, 15) is 4.79 Å². The molecule has 0 bridgehead atoms. The zero-order valence-electron chi connectivity index (χ0n) is 14.7. The summed E-state index contributed by atoms with van der Waals surface area (Å²) in [5.41, 5.74) is 1.31. The third kappa shape index (κ3) is 6.15. The lowest BCUT2D eigenvalue weighted by Gasteiger charge is -2.36. The SMILES string of the molecule is CC(c1ccncc1)N1CCC(NC(=O)CSC(C)(C)C)CC1. The summed E-state index contributed by atoms with van der Waals surface area (Å²) in [6.07, 6.45) is 5.76. The van der Waals surface area contributed by atoms with Crippen LogP contribution in [0.5, 0.6) is 0 Å². The Balaban J connectivity index is 1.74. The van der Waals surface area contributed by atoms with E-state index in [0.29, 0.717) is 17.8 Å². The molecular weight excluding hydrogens is 306 g/mol. The molecule has 1 unspecified atom stereocenters. The molecule has 128 valence electrons. The number of carbonyl (C=O) groups excluding carboxylic acids is 1. The van der Waals surface area contributed by atoms with Gasteiger partial charge in [0.15, 0.2) is 0 Å². The summed E-state index contributed by atoms with van der Waals surface area (Å²) in [4.78, 5) is 18.6. The van der Waals surface area contributed by atoms with Crippen LogP contribution >= 0.6 is 11.8 Å². The molecule has 0 aromatic carbocycles. The van der Waals surface area contributed by atoms with Crippen LogP contribution in [0.15, 0.2) is 24.5 Å². The second kappa shape index (κ2) is 8.15. The first-order valence-corrected chi connectivity index (χ1v) is 9.41. The fourth-order valence-corrected chi connectivity index (χ4v) is 3.48. The van der Waals surface area contributed by atoms with E-state index in [1.807, 2.05) is 12.4 Å². The quantitative estimate of drug-likeness (QED) is 0.897. The highest BCUT2D eigenvalue weighted by Gasteiger charge is 2.24. The van der Waals surface area contributed by atoms with Gasteiger partial charge in [-0.15, -0.1) is 11.8 Å². The highest BCUT2D eigenvalue weighted by Crippen LogP contribution is 2.25. The summed E-state index contributed by atoms with van der Waals surface area (Å²) < 4.78 is 0.140. The average Bonchev–Trinajstić information content (AvgIpc) is 2.53. The minimum Gasteiger partial charge on any atom is -0.353 e. The number of piperidine rings is 1. The van der Waals surface area contributed by atoms with E-state index < -0.39 is 0 Å². The first kappa shape index (κ1) is 18.3. The molecule has 1 aliphatic rings. The van der Waals surface area contributed by atoms with E-state index in [4.69, 9.17) is 0 Å². The topological polar surface area (TPSA) is 45.2 Å². The van der Waals surface area contributed by atoms with Crippen molar-refractivity contribution in [2.75, 3.05) is 18.8 Å². The van der Waals surface area contributed by atoms with Crippen molar-refractivity contribution in [3.8, 4) is 0 Å². The maximum Gasteiger partial charge on any atom is 0.230 e. The van der Waals surface area contributed by atoms with E-state index >= 15 is 0 Å². The lowest BCUT2D eigenvalue weighted by molar-refractivity contribution is -0.119. The maximum atomic E-state index is 12.0. The Morgan fingerprint density at radius 1 is 1.35 bits per heavy atom. The molecule has 1 aromatic heterocycles. The molecule has 1 fully saturated rings. The molecule has 0 spiro atoms. The number of nitrogens with one attached hydrogen (secondary N) is 1. The molecule has 1 amide bonds. The minimum absolute atomic E-state index is 0.140. The van der Waals surface area contributed by atoms with Crippen LogP contribution in [-0.4, -0.2) is 45.4 Å². The standard InChI is InChI=1S/C18H29N3OS/c1-14(15-5-9-19-10-6-15)21-11-7-16(8-12-21)20-17(22)13-23-18(2,3)4/h5-6,9-10,14,16H,7-8,11-13H2,1-4H3,(H,20,22). The van der Waals surface area contributed by atoms with Gasteiger partial charge in [-0.05, 0) is 37.5 Å². The summed E-state index contributed by atoms with van der Waals surface area (Å²) in [6, 6.07) is 4.90. The molecule has 2 rings (SSSR count). The number of amides is 1. The van der Waals surface area contributed by atoms with Gasteiger partial charge in [-0.25, -0.2) is 0 Å². The van der Waals surface area contributed by atoms with E-state index in [2.05, 4.69) is 55.0 Å². The summed E-state index contributed by atoms with van der Waals surface area (Å²) in [7, 11) is 0. The smallest absolute Gasteiger partial charge is 0.230 e. The summed E-state index contributed by atoms with van der Waals surface area (Å²) in [5.74, 6) is 0.725. The Morgan fingerprint density at radius 2 is 1.96 bits per heavy atom. The van der Waals surface area contributed by atoms with E-state index in [1.165, 1.54) is 5.56 Å². The van der Waals surface area contributed by atoms with Crippen molar-refractivity contribution in [3.63, 3.8) is 0 Å². The largest absolute Gasteiger partial charge is 0.353 e. The first-order valence-electron chi connectivity index (χ1n) is 8.42. The predicted molar refractivity (Wildman–Crippen MR) is 97.6 cm³/mol. The Labute approximate surface area is 144 Å². The Morgan fingerprint density at radius 3 is 2.52 bits per heavy atom. The van der Waals surface area contributed by atoms with Gasteiger partial charge in [0.25, 0.3) is 0 Å². The van der Waals surface area contributed by atoms with E-state index in [0.717, 1.165) is 25.9 Å². The van der Waals surface area contributed by atoms with Gasteiger partial charge >= 0.3 is 0 Å². The maximum absolute atomic E-state index is 12.0. The molecule has 2 heterocycles. The van der Waals surface area contributed by atoms with Crippen LogP contribution in [0.25, 0.3) is 0 Å². The number of hydrogen-bond donors (Lipinski definition) is 1. The molecule has 0 radical (unpaired) electrons. The normalized spacial score (nSPS) is 18.6. The number of thioether (sulfide) groups is 1. The number of nitrogens with zero attached hydrogens (tertiary/aromatic N) is 2. The van der Waals surface area contributed by atoms with Crippen molar-refractivity contribution in [1.29, 1.82) is 0 Å². The van der Waals surface area contributed by atoms with Gasteiger partial charge in [0.2, 0.25) is 5.91 Å². The Bertz CT molecular complexity index is 493. The Kier molecular flexibility index (Phi) is 6.48. The zero-order chi connectivity index (χ0) is 16.9. The fourth-order valence-electron chi connectivity index (χ4n) is 2.84. The van der Waals surface area contributed by atoms with Gasteiger partial charge < -0.3 is 5.32 Å². The van der Waals surface area contributed by atoms with Crippen LogP contribution < -0.4 is 5.32 Å². The summed E-state index contributed by atoms with van der Waals surface area (Å²) in [5, 5.41) is 3.19. The van der Waals surface area contributed by atoms with Crippen LogP contribution in [0.4, 0.5) is 0 Å². The van der Waals surface area contributed by atoms with Gasteiger partial charge in [0, 0.05) is 42.3 Å². The molecule has 0 aliphatic carbocycles. The summed E-state index contributed by atoms with van der Waals surface area (Å²) >= 11 is 1.70. The second-order valence-electron chi connectivity index (χ2n) is 7.24. The lowest BCUT2D eigenvalue weighted by Crippen LogP contribution is -2.45. The number of carbonyl (C=O) groups is 1. The van der Waals surface area contributed by atoms with Gasteiger partial charge in [-0.2, -0.15) is 0 Å². The number of pyridine rings is 1. The van der Waals surface area contributed by atoms with E-state index in [1.54, 1.807) is 11.8 Å². The first-order chi connectivity index (χ1) is 10.8. The highest BCUT2D eigenvalue weighted by atomic mass is 32.2. The van der Waals surface area contributed by atoms with Gasteiger partial charge in [0.1, 0.15) is 0 Å². The Hall–Kier alpha value is -1.07. The lowest BCUT2D eigenvalue weighted by atomic mass is 10.0. The van der Waals surface area contributed by atoms with Crippen LogP contribution in [0.1, 0.15) is 52.1 Å². The molecule has 1 saturated heterocycles. The zero-order valence-corrected chi connectivity index (χ0v) is 15.5. The van der Waals surface area contributed by atoms with E-state index in [-0.39, 0.29) is 10.7 Å². The molecule has 23 heavy (non-hydrogen) atoms. The van der Waals surface area contributed by atoms with Crippen molar-refractivity contribution in [1.82, 2.24) is 15.2 Å². The highest BCUT2D eigenvalue weighted by molar-refractivity contribution is 8.01. The monoisotopic (exact) mass is 335 g/mol. The van der Waals surface area contributed by atoms with Gasteiger partial charge in [-0.3, -0.25) is 14.7 Å². The van der Waals surface area contributed by atoms with Crippen molar-refractivity contribution in [2.24, 2.45) is 0 Å². The molecule has 1 aliphatic heterocycles. The average molecular weight is 336 g/mol. The van der Waals surface area contributed by atoms with Crippen molar-refractivity contribution < 1.29 is 4.79 Å². The third-order valence-corrected chi connectivity index (χ3v) is 5.54. The summed E-state index contributed by atoms with van der Waals surface area (Å²) in [6.45, 7) is 10.7. The fraction of sp³-hybridized carbons (Fsp3) is 0.667. The minimum atomic E-state index is 0.140. The van der Waals surface area contributed by atoms with Crippen LogP contribution in [0.2, 0.25) is 0 Å². The molecule has 0 saturated carbocycles. The molecule has 1 N–H and O–H groups in total. The number of likely N-dealkylation sites (tertiary alicyclic amines) is 1. The van der Waals surface area contributed by atoms with Gasteiger partial charge in [-0.1, -0.05) is 20.8 Å². The third-order valence-electron chi connectivity index (χ3n) is 4.27. The van der Waals surface area contributed by atoms with Crippen LogP contribution in [-0.2, 0) is 4.79 Å². The van der Waals surface area contributed by atoms with Crippen LogP contribution in [0.3, 0.4) is 0 Å². The number of hydrogen-bond acceptors (Lipinski definition) is 4. The number of aromatic nitrogens is 1. The molecule has 5 heteroatoms. The van der Waals surface area contributed by atoms with Gasteiger partial charge in [0.05, 0.1) is 5.75 Å². The van der Waals surface area contributed by atoms with Crippen LogP contribution in [0, 0.1) is 0 Å².